The number of halogens is 3. The van der Waals surface area contributed by atoms with Crippen molar-refractivity contribution in [3.8, 4) is 0 Å². The van der Waals surface area contributed by atoms with Crippen LogP contribution >= 0.6 is 0 Å². The molecule has 19 heavy (non-hydrogen) atoms. The van der Waals surface area contributed by atoms with Crippen molar-refractivity contribution >= 4 is 17.6 Å². The molecule has 0 radical (unpaired) electrons. The molecule has 0 unspecified atom stereocenters. The van der Waals surface area contributed by atoms with E-state index in [4.69, 9.17) is 0 Å². The van der Waals surface area contributed by atoms with Crippen LogP contribution in [-0.4, -0.2) is 6.71 Å². The van der Waals surface area contributed by atoms with Gasteiger partial charge in [-0.1, -0.05) is 65.5 Å². The molecule has 2 aromatic carbocycles. The third-order valence-corrected chi connectivity index (χ3v) is 3.00. The number of hydrogen-bond acceptors (Lipinski definition) is 0. The Morgan fingerprint density at radius 2 is 1.47 bits per heavy atom. The largest absolute Gasteiger partial charge is 0.415 e. The number of alkyl halides is 3. The molecule has 0 atom stereocenters. The third-order valence-electron chi connectivity index (χ3n) is 3.00. The van der Waals surface area contributed by atoms with Crippen LogP contribution in [0.4, 0.5) is 13.2 Å². The van der Waals surface area contributed by atoms with Crippen molar-refractivity contribution < 1.29 is 13.2 Å². The Morgan fingerprint density at radius 3 is 2.05 bits per heavy atom. The van der Waals surface area contributed by atoms with E-state index < -0.39 is 18.5 Å². The van der Waals surface area contributed by atoms with E-state index in [9.17, 15) is 13.2 Å². The van der Waals surface area contributed by atoms with Gasteiger partial charge in [-0.2, -0.15) is 13.2 Å². The van der Waals surface area contributed by atoms with Crippen molar-refractivity contribution in [1.29, 1.82) is 0 Å². The highest BCUT2D eigenvalue weighted by Gasteiger charge is 2.35. The Hall–Kier alpha value is -1.97. The van der Waals surface area contributed by atoms with E-state index >= 15 is 0 Å². The fraction of sp³-hybridized carbons (Fsp3) is 0.0667. The summed E-state index contributed by atoms with van der Waals surface area (Å²) in [4.78, 5) is 0. The molecule has 2 aromatic rings. The zero-order valence-corrected chi connectivity index (χ0v) is 10.2. The Bertz CT molecular complexity index is 561. The molecule has 0 aliphatic heterocycles. The molecule has 0 aliphatic rings. The molecular formula is C15H12BF3. The van der Waals surface area contributed by atoms with Gasteiger partial charge in [-0.25, -0.2) is 0 Å². The first-order valence-electron chi connectivity index (χ1n) is 5.87. The minimum atomic E-state index is -4.35. The molecule has 4 heteroatoms. The van der Waals surface area contributed by atoms with Crippen LogP contribution in [0.25, 0.3) is 0 Å². The molecule has 0 fully saturated rings. The summed E-state index contributed by atoms with van der Waals surface area (Å²) in [6.07, 6.45) is -4.35. The van der Waals surface area contributed by atoms with Crippen LogP contribution < -0.4 is 10.9 Å². The lowest BCUT2D eigenvalue weighted by atomic mass is 9.40. The van der Waals surface area contributed by atoms with Crippen molar-refractivity contribution in [2.45, 2.75) is 6.18 Å². The summed E-state index contributed by atoms with van der Waals surface area (Å²) in [5, 5.41) is 0. The Balaban J connectivity index is 2.54. The van der Waals surface area contributed by atoms with Crippen molar-refractivity contribution in [2.24, 2.45) is 0 Å². The number of benzene rings is 2. The van der Waals surface area contributed by atoms with Gasteiger partial charge < -0.3 is 0 Å². The van der Waals surface area contributed by atoms with Gasteiger partial charge in [0.2, 0.25) is 6.71 Å². The topological polar surface area (TPSA) is 0 Å². The summed E-state index contributed by atoms with van der Waals surface area (Å²) >= 11 is 0. The molecule has 0 saturated carbocycles. The predicted molar refractivity (Wildman–Crippen MR) is 73.1 cm³/mol. The Kier molecular flexibility index (Phi) is 3.79. The van der Waals surface area contributed by atoms with Crippen LogP contribution in [0.2, 0.25) is 0 Å². The van der Waals surface area contributed by atoms with Gasteiger partial charge in [0.15, 0.2) is 0 Å². The zero-order valence-electron chi connectivity index (χ0n) is 10.2. The fourth-order valence-electron chi connectivity index (χ4n) is 2.13. The Morgan fingerprint density at radius 1 is 0.895 bits per heavy atom. The second kappa shape index (κ2) is 5.35. The summed E-state index contributed by atoms with van der Waals surface area (Å²) in [5.41, 5.74) is 0.425. The molecule has 0 amide bonds. The highest BCUT2D eigenvalue weighted by atomic mass is 19.4. The predicted octanol–water partition coefficient (Wildman–Crippen LogP) is 3.04. The minimum absolute atomic E-state index is 0.233. The lowest BCUT2D eigenvalue weighted by molar-refractivity contribution is -0.136. The first kappa shape index (κ1) is 13.5. The van der Waals surface area contributed by atoms with Crippen LogP contribution in [0.15, 0.2) is 67.2 Å². The summed E-state index contributed by atoms with van der Waals surface area (Å²) in [7, 11) is 0. The van der Waals surface area contributed by atoms with E-state index in [1.165, 1.54) is 12.1 Å². The first-order chi connectivity index (χ1) is 9.04. The molecular weight excluding hydrogens is 248 g/mol. The first-order valence-corrected chi connectivity index (χ1v) is 5.87. The normalized spacial score (nSPS) is 11.1. The maximum Gasteiger partial charge on any atom is 0.415 e. The van der Waals surface area contributed by atoms with Gasteiger partial charge in [-0.05, 0) is 0 Å². The standard InChI is InChI=1S/C15H12BF3/c1-2-16(12-8-4-3-5-9-12)14-11-7-6-10-13(14)15(17,18)19/h2-11H,1H2. The average molecular weight is 260 g/mol. The lowest BCUT2D eigenvalue weighted by Gasteiger charge is -2.17. The highest BCUT2D eigenvalue weighted by molar-refractivity contribution is 6.89. The average Bonchev–Trinajstić information content (AvgIpc) is 2.40. The van der Waals surface area contributed by atoms with Crippen molar-refractivity contribution in [3.05, 3.63) is 72.7 Å². The molecule has 2 rings (SSSR count). The van der Waals surface area contributed by atoms with Crippen LogP contribution in [0.5, 0.6) is 0 Å². The van der Waals surface area contributed by atoms with Gasteiger partial charge in [-0.3, -0.25) is 0 Å². The fourth-order valence-corrected chi connectivity index (χ4v) is 2.13. The van der Waals surface area contributed by atoms with Crippen LogP contribution in [-0.2, 0) is 6.18 Å². The van der Waals surface area contributed by atoms with Gasteiger partial charge in [0.05, 0.1) is 5.56 Å². The molecule has 0 bridgehead atoms. The molecule has 96 valence electrons. The van der Waals surface area contributed by atoms with Crippen molar-refractivity contribution in [2.75, 3.05) is 0 Å². The molecule has 0 N–H and O–H groups in total. The lowest BCUT2D eigenvalue weighted by Crippen LogP contribution is -2.43. The molecule has 0 saturated heterocycles. The maximum atomic E-state index is 13.0. The molecule has 0 nitrogen and oxygen atoms in total. The van der Waals surface area contributed by atoms with E-state index in [2.05, 4.69) is 6.58 Å². The van der Waals surface area contributed by atoms with E-state index in [1.807, 2.05) is 18.2 Å². The second-order valence-corrected chi connectivity index (χ2v) is 4.21. The monoisotopic (exact) mass is 260 g/mol. The molecule has 0 spiro atoms. The zero-order chi connectivity index (χ0) is 13.9. The van der Waals surface area contributed by atoms with Crippen molar-refractivity contribution in [3.63, 3.8) is 0 Å². The SMILES string of the molecule is C=CB(c1ccccc1)c1ccccc1C(F)(F)F. The van der Waals surface area contributed by atoms with E-state index in [0.29, 0.717) is 0 Å². The number of rotatable bonds is 3. The maximum absolute atomic E-state index is 13.0. The molecule has 0 heterocycles. The molecule has 0 aliphatic carbocycles. The summed E-state index contributed by atoms with van der Waals surface area (Å²) in [5.74, 6) is 1.54. The summed E-state index contributed by atoms with van der Waals surface area (Å²) in [6, 6.07) is 14.7. The third kappa shape index (κ3) is 2.89. The summed E-state index contributed by atoms with van der Waals surface area (Å²) in [6.45, 7) is 3.21. The van der Waals surface area contributed by atoms with Crippen LogP contribution in [0.3, 0.4) is 0 Å². The van der Waals surface area contributed by atoms with E-state index in [1.54, 1.807) is 24.2 Å². The Labute approximate surface area is 110 Å². The smallest absolute Gasteiger partial charge is 0.166 e. The van der Waals surface area contributed by atoms with Gasteiger partial charge in [0.1, 0.15) is 0 Å². The van der Waals surface area contributed by atoms with Gasteiger partial charge >= 0.3 is 6.18 Å². The highest BCUT2D eigenvalue weighted by Crippen LogP contribution is 2.27. The van der Waals surface area contributed by atoms with Crippen molar-refractivity contribution in [1.82, 2.24) is 0 Å². The van der Waals surface area contributed by atoms with E-state index in [-0.39, 0.29) is 5.46 Å². The van der Waals surface area contributed by atoms with Crippen LogP contribution in [0.1, 0.15) is 5.56 Å². The second-order valence-electron chi connectivity index (χ2n) is 4.21. The number of hydrogen-bond donors (Lipinski definition) is 0. The van der Waals surface area contributed by atoms with Crippen LogP contribution in [0, 0.1) is 0 Å². The quantitative estimate of drug-likeness (QED) is 0.744. The summed E-state index contributed by atoms with van der Waals surface area (Å²) < 4.78 is 39.1. The minimum Gasteiger partial charge on any atom is -0.166 e. The molecule has 0 aromatic heterocycles. The van der Waals surface area contributed by atoms with E-state index in [0.717, 1.165) is 11.5 Å². The van der Waals surface area contributed by atoms with Gasteiger partial charge in [0.25, 0.3) is 0 Å². The van der Waals surface area contributed by atoms with Gasteiger partial charge in [-0.15, -0.1) is 12.6 Å². The van der Waals surface area contributed by atoms with Gasteiger partial charge in [0, 0.05) is 0 Å².